The third-order valence-corrected chi connectivity index (χ3v) is 1.81. The van der Waals surface area contributed by atoms with Crippen molar-refractivity contribution in [1.29, 1.82) is 10.5 Å². The molecule has 0 heterocycles. The quantitative estimate of drug-likeness (QED) is 0.342. The van der Waals surface area contributed by atoms with Gasteiger partial charge in [-0.2, -0.15) is 20.8 Å². The van der Waals surface area contributed by atoms with Crippen LogP contribution >= 0.6 is 0 Å². The summed E-state index contributed by atoms with van der Waals surface area (Å²) in [6, 6.07) is 3.57. The molecule has 0 radical (unpaired) electrons. The van der Waals surface area contributed by atoms with E-state index in [1.165, 1.54) is 13.8 Å². The summed E-state index contributed by atoms with van der Waals surface area (Å²) in [4.78, 5) is 20.4. The van der Waals surface area contributed by atoms with Crippen LogP contribution in [0.4, 0.5) is 0 Å². The van der Waals surface area contributed by atoms with Crippen LogP contribution in [0.2, 0.25) is 0 Å². The van der Waals surface area contributed by atoms with E-state index < -0.39 is 11.1 Å². The first-order valence-corrected chi connectivity index (χ1v) is 4.42. The number of nitriles is 2. The molecule has 0 aromatic heterocycles. The Balaban J connectivity index is -0.00000112. The largest absolute Gasteiger partial charge is 0.542 e. The van der Waals surface area contributed by atoms with Gasteiger partial charge < -0.3 is 9.59 Å². The number of hydrogen-bond donors (Lipinski definition) is 0. The molecule has 18 heavy (non-hydrogen) atoms. The normalized spacial score (nSPS) is 15.8. The van der Waals surface area contributed by atoms with Crippen LogP contribution < -0.4 is 0 Å². The van der Waals surface area contributed by atoms with Crippen molar-refractivity contribution in [2.75, 3.05) is 0 Å². The molecule has 0 bridgehead atoms. The molecular formula is C10H10N4O2W2-2. The molecule has 0 saturated heterocycles. The first-order chi connectivity index (χ1) is 7.45. The summed E-state index contributed by atoms with van der Waals surface area (Å²) in [7, 11) is 0. The van der Waals surface area contributed by atoms with Crippen molar-refractivity contribution in [3.05, 3.63) is 0 Å². The van der Waals surface area contributed by atoms with Crippen molar-refractivity contribution < 1.29 is 51.7 Å². The third kappa shape index (κ3) is 7.59. The fourth-order valence-corrected chi connectivity index (χ4v) is 0.696. The summed E-state index contributed by atoms with van der Waals surface area (Å²) in [6.45, 7) is 2.79. The van der Waals surface area contributed by atoms with Crippen molar-refractivity contribution in [3.8, 4) is 12.1 Å². The summed E-state index contributed by atoms with van der Waals surface area (Å²) >= 11 is 0. The predicted molar refractivity (Wildman–Crippen MR) is 53.5 cm³/mol. The molecule has 0 aliphatic heterocycles. The first-order valence-electron chi connectivity index (χ1n) is 4.42. The number of azo groups is 1. The van der Waals surface area contributed by atoms with E-state index in [1.807, 2.05) is 0 Å². The minimum absolute atomic E-state index is 0. The van der Waals surface area contributed by atoms with Crippen molar-refractivity contribution in [3.63, 3.8) is 0 Å². The average molecular weight is 586 g/mol. The summed E-state index contributed by atoms with van der Waals surface area (Å²) in [6.07, 6.45) is 2.64. The number of rotatable bonds is 6. The fraction of sp³-hybridized carbons (Fsp3) is 0.600. The van der Waals surface area contributed by atoms with E-state index in [2.05, 4.69) is 10.2 Å². The van der Waals surface area contributed by atoms with Gasteiger partial charge >= 0.3 is 0 Å². The molecule has 6 nitrogen and oxygen atoms in total. The molecule has 2 atom stereocenters. The number of nitrogens with zero attached hydrogens (tertiary/aromatic N) is 4. The zero-order chi connectivity index (χ0) is 12.7. The molecule has 2 unspecified atom stereocenters. The molecule has 8 heteroatoms. The van der Waals surface area contributed by atoms with Gasteiger partial charge in [-0.05, 0) is 13.8 Å². The Morgan fingerprint density at radius 3 is 1.39 bits per heavy atom. The van der Waals surface area contributed by atoms with E-state index in [9.17, 15) is 9.59 Å². The summed E-state index contributed by atoms with van der Waals surface area (Å²) < 4.78 is 0. The van der Waals surface area contributed by atoms with Crippen molar-refractivity contribution >= 4 is 12.6 Å². The predicted octanol–water partition coefficient (Wildman–Crippen LogP) is 0.998. The Hall–Kier alpha value is -0.703. The van der Waals surface area contributed by atoms with Crippen molar-refractivity contribution in [1.82, 2.24) is 0 Å². The van der Waals surface area contributed by atoms with E-state index >= 15 is 0 Å². The van der Waals surface area contributed by atoms with Crippen LogP contribution in [0.1, 0.15) is 26.7 Å². The Bertz CT molecular complexity index is 352. The Morgan fingerprint density at radius 2 is 1.22 bits per heavy atom. The van der Waals surface area contributed by atoms with Gasteiger partial charge in [-0.15, -0.1) is 12.8 Å². The Kier molecular flexibility index (Phi) is 12.8. The monoisotopic (exact) mass is 586 g/mol. The van der Waals surface area contributed by atoms with Gasteiger partial charge in [-0.25, -0.2) is 0 Å². The van der Waals surface area contributed by atoms with Gasteiger partial charge in [0.2, 0.25) is 0 Å². The van der Waals surface area contributed by atoms with Crippen LogP contribution in [0.3, 0.4) is 0 Å². The molecule has 0 rings (SSSR count). The molecule has 0 N–H and O–H groups in total. The van der Waals surface area contributed by atoms with E-state index in [4.69, 9.17) is 10.5 Å². The first kappa shape index (κ1) is 22.5. The maximum absolute atomic E-state index is 10.2. The van der Waals surface area contributed by atoms with Gasteiger partial charge in [0, 0.05) is 42.1 Å². The molecule has 0 amide bonds. The second-order valence-electron chi connectivity index (χ2n) is 3.61. The standard InChI is InChI=1S/C10H10N4O2.2W/c1-9(7-11,3-5-15)13-14-10(2,8-12)4-6-16;;/h3-4H2,1-2H3;;/q-2;;. The summed E-state index contributed by atoms with van der Waals surface area (Å²) in [5.74, 6) is 0. The minimum Gasteiger partial charge on any atom is -0.542 e. The second-order valence-corrected chi connectivity index (χ2v) is 3.61. The van der Waals surface area contributed by atoms with Gasteiger partial charge in [0.25, 0.3) is 0 Å². The number of hydrogen-bond acceptors (Lipinski definition) is 6. The van der Waals surface area contributed by atoms with Crippen molar-refractivity contribution in [2.24, 2.45) is 10.2 Å². The second kappa shape index (κ2) is 10.2. The molecule has 0 aliphatic carbocycles. The molecule has 0 aromatic carbocycles. The Labute approximate surface area is 134 Å². The summed E-state index contributed by atoms with van der Waals surface area (Å²) in [5.41, 5.74) is -2.69. The molecule has 0 fully saturated rings. The maximum Gasteiger partial charge on any atom is 0.141 e. The molecular weight excluding hydrogens is 576 g/mol. The van der Waals surface area contributed by atoms with Gasteiger partial charge in [0.1, 0.15) is 11.1 Å². The topological polar surface area (TPSA) is 106 Å². The third-order valence-electron chi connectivity index (χ3n) is 1.81. The molecule has 0 aromatic rings. The van der Waals surface area contributed by atoms with Crippen LogP contribution in [0, 0.1) is 22.7 Å². The van der Waals surface area contributed by atoms with Crippen LogP contribution in [-0.2, 0) is 51.7 Å². The van der Waals surface area contributed by atoms with Crippen LogP contribution in [0.15, 0.2) is 10.2 Å². The maximum atomic E-state index is 10.2. The SMILES string of the molecule is CC(C#N)(C[C-]=O)N=NC(C)(C#N)C[C-]=O.[W].[W]. The fourth-order valence-electron chi connectivity index (χ4n) is 0.696. The average Bonchev–Trinajstić information content (AvgIpc) is 2.27. The molecule has 0 saturated carbocycles. The van der Waals surface area contributed by atoms with Crippen LogP contribution in [0.25, 0.3) is 0 Å². The molecule has 0 spiro atoms. The van der Waals surface area contributed by atoms with Gasteiger partial charge in [0.15, 0.2) is 0 Å². The van der Waals surface area contributed by atoms with Crippen LogP contribution in [-0.4, -0.2) is 23.7 Å². The minimum atomic E-state index is -1.34. The van der Waals surface area contributed by atoms with E-state index in [0.717, 1.165) is 0 Å². The molecule has 0 aliphatic rings. The smallest absolute Gasteiger partial charge is 0.141 e. The van der Waals surface area contributed by atoms with E-state index in [0.29, 0.717) is 0 Å². The van der Waals surface area contributed by atoms with Crippen molar-refractivity contribution in [2.45, 2.75) is 37.8 Å². The molecule has 96 valence electrons. The summed E-state index contributed by atoms with van der Waals surface area (Å²) in [5, 5.41) is 24.8. The zero-order valence-electron chi connectivity index (χ0n) is 9.84. The van der Waals surface area contributed by atoms with Gasteiger partial charge in [0.05, 0.1) is 12.1 Å². The number of carbonyl (C=O) groups excluding carboxylic acids is 2. The zero-order valence-corrected chi connectivity index (χ0v) is 15.7. The van der Waals surface area contributed by atoms with Crippen LogP contribution in [0.5, 0.6) is 0 Å². The Morgan fingerprint density at radius 1 is 0.944 bits per heavy atom. The van der Waals surface area contributed by atoms with Gasteiger partial charge in [-0.3, -0.25) is 12.6 Å². The van der Waals surface area contributed by atoms with E-state index in [-0.39, 0.29) is 55.0 Å². The van der Waals surface area contributed by atoms with E-state index in [1.54, 1.807) is 24.7 Å². The van der Waals surface area contributed by atoms with Gasteiger partial charge in [-0.1, -0.05) is 0 Å².